The van der Waals surface area contributed by atoms with Crippen LogP contribution in [0.4, 0.5) is 0 Å². The molecule has 0 radical (unpaired) electrons. The van der Waals surface area contributed by atoms with E-state index in [1.54, 1.807) is 6.92 Å². The van der Waals surface area contributed by atoms with E-state index in [4.69, 9.17) is 0 Å². The van der Waals surface area contributed by atoms with E-state index in [0.29, 0.717) is 5.78 Å². The lowest BCUT2D eigenvalue weighted by atomic mass is 9.91. The van der Waals surface area contributed by atoms with Crippen molar-refractivity contribution in [2.45, 2.75) is 78.7 Å². The van der Waals surface area contributed by atoms with Gasteiger partial charge in [-0.2, -0.15) is 0 Å². The summed E-state index contributed by atoms with van der Waals surface area (Å²) in [5.74, 6) is 1.35. The van der Waals surface area contributed by atoms with E-state index in [1.807, 2.05) is 20.9 Å². The Bertz CT molecular complexity index is 209. The van der Waals surface area contributed by atoms with E-state index in [2.05, 4.69) is 11.8 Å². The van der Waals surface area contributed by atoms with E-state index in [9.17, 15) is 4.79 Å². The first-order valence-electron chi connectivity index (χ1n) is 7.82. The monoisotopic (exact) mass is 255 g/mol. The lowest BCUT2D eigenvalue weighted by molar-refractivity contribution is -0.120. The Hall–Kier alpha value is -0.370. The SMILES string of the molecule is CC.CC(=O)C1CCCN1C.CC1CCCCC1. The molecule has 1 atom stereocenters. The van der Waals surface area contributed by atoms with E-state index in [-0.39, 0.29) is 6.04 Å². The van der Waals surface area contributed by atoms with Gasteiger partial charge >= 0.3 is 0 Å². The number of ketones is 1. The first-order chi connectivity index (χ1) is 8.61. The van der Waals surface area contributed by atoms with Gasteiger partial charge in [-0.1, -0.05) is 52.9 Å². The first-order valence-corrected chi connectivity index (χ1v) is 7.82. The van der Waals surface area contributed by atoms with Crippen molar-refractivity contribution in [3.8, 4) is 0 Å². The Labute approximate surface area is 114 Å². The maximum absolute atomic E-state index is 10.8. The van der Waals surface area contributed by atoms with Gasteiger partial charge in [-0.25, -0.2) is 0 Å². The predicted octanol–water partition coefficient (Wildman–Crippen LogP) is 4.28. The van der Waals surface area contributed by atoms with Crippen molar-refractivity contribution in [3.05, 3.63) is 0 Å². The fourth-order valence-electron chi connectivity index (χ4n) is 2.73. The number of carbonyl (C=O) groups is 1. The predicted molar refractivity (Wildman–Crippen MR) is 79.9 cm³/mol. The molecular formula is C16H33NO. The highest BCUT2D eigenvalue weighted by Gasteiger charge is 2.23. The summed E-state index contributed by atoms with van der Waals surface area (Å²) < 4.78 is 0. The van der Waals surface area contributed by atoms with Gasteiger partial charge in [-0.05, 0) is 39.3 Å². The lowest BCUT2D eigenvalue weighted by Gasteiger charge is -2.15. The number of hydrogen-bond donors (Lipinski definition) is 0. The largest absolute Gasteiger partial charge is 0.298 e. The van der Waals surface area contributed by atoms with Crippen LogP contribution in [0.2, 0.25) is 0 Å². The number of rotatable bonds is 1. The Morgan fingerprint density at radius 2 is 1.56 bits per heavy atom. The molecule has 1 saturated carbocycles. The van der Waals surface area contributed by atoms with Crippen LogP contribution in [0.1, 0.15) is 72.6 Å². The zero-order valence-electron chi connectivity index (χ0n) is 13.2. The normalized spacial score (nSPS) is 24.6. The maximum Gasteiger partial charge on any atom is 0.146 e. The van der Waals surface area contributed by atoms with Crippen LogP contribution in [0.25, 0.3) is 0 Å². The molecule has 0 spiro atoms. The van der Waals surface area contributed by atoms with E-state index >= 15 is 0 Å². The van der Waals surface area contributed by atoms with Crippen LogP contribution < -0.4 is 0 Å². The molecule has 1 saturated heterocycles. The maximum atomic E-state index is 10.8. The summed E-state index contributed by atoms with van der Waals surface area (Å²) in [5.41, 5.74) is 0. The minimum Gasteiger partial charge on any atom is -0.298 e. The van der Waals surface area contributed by atoms with Crippen LogP contribution in [0.5, 0.6) is 0 Å². The summed E-state index contributed by atoms with van der Waals surface area (Å²) in [4.78, 5) is 12.9. The van der Waals surface area contributed by atoms with Gasteiger partial charge in [0.05, 0.1) is 6.04 Å². The molecule has 0 N–H and O–H groups in total. The number of likely N-dealkylation sites (tertiary alicyclic amines) is 1. The topological polar surface area (TPSA) is 20.3 Å². The summed E-state index contributed by atoms with van der Waals surface area (Å²) in [6, 6.07) is 0.227. The molecule has 2 nitrogen and oxygen atoms in total. The highest BCUT2D eigenvalue weighted by Crippen LogP contribution is 2.22. The van der Waals surface area contributed by atoms with Crippen molar-refractivity contribution >= 4 is 5.78 Å². The quantitative estimate of drug-likeness (QED) is 0.697. The Kier molecular flexibility index (Phi) is 10.3. The van der Waals surface area contributed by atoms with Crippen molar-refractivity contribution in [1.82, 2.24) is 4.90 Å². The molecule has 2 rings (SSSR count). The molecule has 2 fully saturated rings. The van der Waals surface area contributed by atoms with E-state index in [1.165, 1.54) is 38.5 Å². The average Bonchev–Trinajstić information content (AvgIpc) is 2.80. The number of Topliss-reactive ketones (excluding diaryl/α,β-unsaturated/α-hetero) is 1. The van der Waals surface area contributed by atoms with Crippen molar-refractivity contribution in [2.24, 2.45) is 5.92 Å². The zero-order chi connectivity index (χ0) is 14.0. The molecule has 2 aliphatic rings. The number of hydrogen-bond acceptors (Lipinski definition) is 2. The van der Waals surface area contributed by atoms with Crippen LogP contribution in [0.15, 0.2) is 0 Å². The third kappa shape index (κ3) is 7.15. The molecule has 108 valence electrons. The summed E-state index contributed by atoms with van der Waals surface area (Å²) in [5, 5.41) is 0. The second-order valence-corrected chi connectivity index (χ2v) is 5.49. The summed E-state index contributed by atoms with van der Waals surface area (Å²) >= 11 is 0. The molecule has 1 aliphatic carbocycles. The second-order valence-electron chi connectivity index (χ2n) is 5.49. The summed E-state index contributed by atoms with van der Waals surface area (Å²) in [6.45, 7) is 9.12. The van der Waals surface area contributed by atoms with Crippen molar-refractivity contribution < 1.29 is 4.79 Å². The van der Waals surface area contributed by atoms with Gasteiger partial charge in [-0.15, -0.1) is 0 Å². The summed E-state index contributed by atoms with van der Waals surface area (Å²) in [6.07, 6.45) is 9.68. The molecule has 1 aliphatic heterocycles. The molecule has 1 heterocycles. The van der Waals surface area contributed by atoms with Crippen LogP contribution in [0.3, 0.4) is 0 Å². The van der Waals surface area contributed by atoms with Gasteiger partial charge in [0.25, 0.3) is 0 Å². The fourth-order valence-corrected chi connectivity index (χ4v) is 2.73. The zero-order valence-corrected chi connectivity index (χ0v) is 13.2. The van der Waals surface area contributed by atoms with Gasteiger partial charge in [0.1, 0.15) is 5.78 Å². The lowest BCUT2D eigenvalue weighted by Crippen LogP contribution is -2.30. The fraction of sp³-hybridized carbons (Fsp3) is 0.938. The third-order valence-corrected chi connectivity index (χ3v) is 3.88. The van der Waals surface area contributed by atoms with E-state index < -0.39 is 0 Å². The Morgan fingerprint density at radius 1 is 1.00 bits per heavy atom. The average molecular weight is 255 g/mol. The van der Waals surface area contributed by atoms with Crippen LogP contribution >= 0.6 is 0 Å². The minimum atomic E-state index is 0.227. The molecule has 2 heteroatoms. The van der Waals surface area contributed by atoms with Gasteiger partial charge < -0.3 is 0 Å². The Morgan fingerprint density at radius 3 is 1.78 bits per heavy atom. The number of nitrogens with zero attached hydrogens (tertiary/aromatic N) is 1. The van der Waals surface area contributed by atoms with Crippen LogP contribution in [-0.2, 0) is 4.79 Å². The molecular weight excluding hydrogens is 222 g/mol. The number of likely N-dealkylation sites (N-methyl/N-ethyl adjacent to an activating group) is 1. The van der Waals surface area contributed by atoms with E-state index in [0.717, 1.165) is 18.9 Å². The van der Waals surface area contributed by atoms with Crippen LogP contribution in [-0.4, -0.2) is 30.3 Å². The van der Waals surface area contributed by atoms with Crippen molar-refractivity contribution in [2.75, 3.05) is 13.6 Å². The van der Waals surface area contributed by atoms with Crippen LogP contribution in [0, 0.1) is 5.92 Å². The molecule has 0 aromatic heterocycles. The van der Waals surface area contributed by atoms with Gasteiger partial charge in [0, 0.05) is 0 Å². The molecule has 0 amide bonds. The van der Waals surface area contributed by atoms with Crippen molar-refractivity contribution in [1.29, 1.82) is 0 Å². The minimum absolute atomic E-state index is 0.227. The van der Waals surface area contributed by atoms with Gasteiger partial charge in [0.2, 0.25) is 0 Å². The summed E-state index contributed by atoms with van der Waals surface area (Å²) in [7, 11) is 2.01. The number of carbonyl (C=O) groups excluding carboxylic acids is 1. The first kappa shape index (κ1) is 17.6. The highest BCUT2D eigenvalue weighted by atomic mass is 16.1. The highest BCUT2D eigenvalue weighted by molar-refractivity contribution is 5.81. The molecule has 18 heavy (non-hydrogen) atoms. The molecule has 0 aromatic carbocycles. The third-order valence-electron chi connectivity index (χ3n) is 3.88. The van der Waals surface area contributed by atoms with Gasteiger partial charge in [-0.3, -0.25) is 9.69 Å². The van der Waals surface area contributed by atoms with Gasteiger partial charge in [0.15, 0.2) is 0 Å². The smallest absolute Gasteiger partial charge is 0.146 e. The molecule has 1 unspecified atom stereocenters. The Balaban J connectivity index is 0.000000289. The second kappa shape index (κ2) is 10.5. The standard InChI is InChI=1S/C7H13NO.C7H14.C2H6/c1-6(9)7-4-3-5-8(7)2;1-7-5-3-2-4-6-7;1-2/h7H,3-5H2,1-2H3;7H,2-6H2,1H3;1-2H3. The molecule has 0 bridgehead atoms. The van der Waals surface area contributed by atoms with Crippen molar-refractivity contribution in [3.63, 3.8) is 0 Å². The molecule has 0 aromatic rings.